The van der Waals surface area contributed by atoms with Crippen molar-refractivity contribution >= 4 is 17.8 Å². The van der Waals surface area contributed by atoms with E-state index in [0.29, 0.717) is 13.0 Å². The van der Waals surface area contributed by atoms with E-state index in [1.165, 1.54) is 38.5 Å². The summed E-state index contributed by atoms with van der Waals surface area (Å²) in [6, 6.07) is -0.441. The van der Waals surface area contributed by atoms with E-state index in [-0.39, 0.29) is 23.8 Å². The Hall–Kier alpha value is -1.59. The van der Waals surface area contributed by atoms with Gasteiger partial charge in [0.2, 0.25) is 5.91 Å². The zero-order chi connectivity index (χ0) is 19.2. The van der Waals surface area contributed by atoms with Crippen LogP contribution < -0.4 is 10.6 Å². The topological polar surface area (TPSA) is 78.5 Å². The maximum Gasteiger partial charge on any atom is 0.325 e. The number of nitrogens with zero attached hydrogens (tertiary/aromatic N) is 1. The first kappa shape index (κ1) is 18.8. The first-order valence-electron chi connectivity index (χ1n) is 10.7. The normalized spacial score (nSPS) is 39.8. The number of hydrogen-bond acceptors (Lipinski definition) is 3. The van der Waals surface area contributed by atoms with Gasteiger partial charge in [-0.2, -0.15) is 0 Å². The molecule has 5 rings (SSSR count). The lowest BCUT2D eigenvalue weighted by Gasteiger charge is -2.56. The van der Waals surface area contributed by atoms with Gasteiger partial charge in [0.05, 0.1) is 0 Å². The van der Waals surface area contributed by atoms with Crippen LogP contribution in [0.15, 0.2) is 0 Å². The maximum atomic E-state index is 12.7. The molecular weight excluding hydrogens is 342 g/mol. The molecule has 1 heterocycles. The van der Waals surface area contributed by atoms with Crippen LogP contribution in [0.3, 0.4) is 0 Å². The zero-order valence-electron chi connectivity index (χ0n) is 16.7. The molecule has 5 fully saturated rings. The lowest BCUT2D eigenvalue weighted by molar-refractivity contribution is -0.135. The molecule has 4 aliphatic carbocycles. The largest absolute Gasteiger partial charge is 0.354 e. The number of carbonyl (C=O) groups is 3. The molecule has 150 valence electrons. The predicted octanol–water partition coefficient (Wildman–Crippen LogP) is 2.82. The van der Waals surface area contributed by atoms with Crippen LogP contribution >= 0.6 is 0 Å². The van der Waals surface area contributed by atoms with Crippen molar-refractivity contribution in [1.82, 2.24) is 15.5 Å². The molecule has 0 aromatic carbocycles. The van der Waals surface area contributed by atoms with Gasteiger partial charge in [0.15, 0.2) is 0 Å². The highest BCUT2D eigenvalue weighted by Gasteiger charge is 2.51. The first-order chi connectivity index (χ1) is 12.8. The minimum atomic E-state index is -0.868. The average molecular weight is 376 g/mol. The number of urea groups is 1. The minimum absolute atomic E-state index is 0.168. The Morgan fingerprint density at radius 2 is 1.74 bits per heavy atom. The van der Waals surface area contributed by atoms with Crippen LogP contribution in [-0.2, 0) is 9.59 Å². The van der Waals surface area contributed by atoms with Crippen LogP contribution in [0, 0.1) is 23.2 Å². The highest BCUT2D eigenvalue weighted by molar-refractivity contribution is 6.08. The Bertz CT molecular complexity index is 611. The molecule has 27 heavy (non-hydrogen) atoms. The van der Waals surface area contributed by atoms with Gasteiger partial charge in [-0.3, -0.25) is 14.5 Å². The Balaban J connectivity index is 1.32. The van der Waals surface area contributed by atoms with Crippen LogP contribution in [-0.4, -0.2) is 41.4 Å². The number of unbranched alkanes of at least 4 members (excludes halogenated alkanes) is 1. The molecule has 0 spiro atoms. The van der Waals surface area contributed by atoms with E-state index in [1.807, 2.05) is 0 Å². The summed E-state index contributed by atoms with van der Waals surface area (Å²) in [6.45, 7) is 4.35. The number of imide groups is 1. The van der Waals surface area contributed by atoms with Crippen LogP contribution in [0.2, 0.25) is 0 Å². The fourth-order valence-electron chi connectivity index (χ4n) is 6.58. The number of rotatable bonds is 7. The van der Waals surface area contributed by atoms with Crippen molar-refractivity contribution in [2.45, 2.75) is 77.2 Å². The fourth-order valence-corrected chi connectivity index (χ4v) is 6.58. The van der Waals surface area contributed by atoms with E-state index in [1.54, 1.807) is 6.92 Å². The molecule has 1 atom stereocenters. The quantitative estimate of drug-likeness (QED) is 0.672. The summed E-state index contributed by atoms with van der Waals surface area (Å²) >= 11 is 0. The van der Waals surface area contributed by atoms with Crippen molar-refractivity contribution in [2.75, 3.05) is 13.1 Å². The van der Waals surface area contributed by atoms with Crippen molar-refractivity contribution < 1.29 is 14.4 Å². The summed E-state index contributed by atoms with van der Waals surface area (Å²) in [4.78, 5) is 38.5. The molecule has 4 bridgehead atoms. The molecule has 5 aliphatic rings. The minimum Gasteiger partial charge on any atom is -0.354 e. The maximum absolute atomic E-state index is 12.7. The second-order valence-electron chi connectivity index (χ2n) is 9.95. The van der Waals surface area contributed by atoms with Crippen LogP contribution in [0.25, 0.3) is 0 Å². The van der Waals surface area contributed by atoms with E-state index >= 15 is 0 Å². The number of hydrogen-bond donors (Lipinski definition) is 2. The summed E-state index contributed by atoms with van der Waals surface area (Å²) in [7, 11) is 0. The third-order valence-corrected chi connectivity index (χ3v) is 7.50. The Labute approximate surface area is 161 Å². The fraction of sp³-hybridized carbons (Fsp3) is 0.857. The third-order valence-electron chi connectivity index (χ3n) is 7.50. The van der Waals surface area contributed by atoms with Gasteiger partial charge in [0, 0.05) is 6.54 Å². The second kappa shape index (κ2) is 6.78. The number of nitrogens with one attached hydrogen (secondary N) is 2. The average Bonchev–Trinajstić information content (AvgIpc) is 2.81. The second-order valence-corrected chi connectivity index (χ2v) is 9.95. The predicted molar refractivity (Wildman–Crippen MR) is 102 cm³/mol. The Morgan fingerprint density at radius 3 is 2.30 bits per heavy atom. The van der Waals surface area contributed by atoms with Gasteiger partial charge in [0.25, 0.3) is 5.91 Å². The highest BCUT2D eigenvalue weighted by Crippen LogP contribution is 2.59. The van der Waals surface area contributed by atoms with E-state index in [9.17, 15) is 14.4 Å². The van der Waals surface area contributed by atoms with Gasteiger partial charge in [0.1, 0.15) is 12.1 Å². The Morgan fingerprint density at radius 1 is 1.15 bits per heavy atom. The summed E-state index contributed by atoms with van der Waals surface area (Å²) < 4.78 is 0. The molecule has 6 heteroatoms. The molecule has 1 aliphatic heterocycles. The van der Waals surface area contributed by atoms with E-state index in [2.05, 4.69) is 17.6 Å². The molecule has 6 nitrogen and oxygen atoms in total. The molecule has 4 saturated carbocycles. The summed E-state index contributed by atoms with van der Waals surface area (Å²) in [5, 5.41) is 5.84. The summed E-state index contributed by atoms with van der Waals surface area (Å²) in [5.41, 5.74) is -0.607. The lowest BCUT2D eigenvalue weighted by atomic mass is 9.49. The molecule has 0 unspecified atom stereocenters. The van der Waals surface area contributed by atoms with Gasteiger partial charge in [-0.1, -0.05) is 19.8 Å². The molecule has 2 N–H and O–H groups in total. The van der Waals surface area contributed by atoms with Gasteiger partial charge in [-0.05, 0) is 75.0 Å². The van der Waals surface area contributed by atoms with Crippen molar-refractivity contribution in [2.24, 2.45) is 23.2 Å². The monoisotopic (exact) mass is 375 g/mol. The highest BCUT2D eigenvalue weighted by atomic mass is 16.2. The lowest BCUT2D eigenvalue weighted by Crippen LogP contribution is -2.52. The molecular formula is C21H33N3O3. The van der Waals surface area contributed by atoms with Gasteiger partial charge in [-0.25, -0.2) is 4.79 Å². The summed E-state index contributed by atoms with van der Waals surface area (Å²) in [6.07, 6.45) is 10.3. The molecule has 0 radical (unpaired) electrons. The van der Waals surface area contributed by atoms with Crippen LogP contribution in [0.5, 0.6) is 0 Å². The summed E-state index contributed by atoms with van der Waals surface area (Å²) in [5.74, 6) is 2.05. The van der Waals surface area contributed by atoms with Gasteiger partial charge < -0.3 is 10.6 Å². The van der Waals surface area contributed by atoms with E-state index in [0.717, 1.165) is 35.5 Å². The van der Waals surface area contributed by atoms with Gasteiger partial charge >= 0.3 is 6.03 Å². The van der Waals surface area contributed by atoms with E-state index in [4.69, 9.17) is 0 Å². The third kappa shape index (κ3) is 3.47. The smallest absolute Gasteiger partial charge is 0.325 e. The standard InChI is InChI=1S/C21H33N3O3/c1-3-4-5-20(2)18(26)24(19(27)23-20)12-17(25)22-13-21-9-14-6-15(10-21)8-16(7-14)11-21/h14-16H,3-13H2,1-2H3,(H,22,25)(H,23,27)/t14?,15?,16?,20-,21?/m0/s1. The Kier molecular flexibility index (Phi) is 4.71. The van der Waals surface area contributed by atoms with Crippen molar-refractivity contribution in [1.29, 1.82) is 0 Å². The first-order valence-corrected chi connectivity index (χ1v) is 10.7. The van der Waals surface area contributed by atoms with Crippen molar-refractivity contribution in [3.05, 3.63) is 0 Å². The van der Waals surface area contributed by atoms with E-state index < -0.39 is 11.6 Å². The number of carbonyl (C=O) groups excluding carboxylic acids is 3. The van der Waals surface area contributed by atoms with Crippen molar-refractivity contribution in [3.8, 4) is 0 Å². The SMILES string of the molecule is CCCC[C@]1(C)NC(=O)N(CC(=O)NCC23CC4CC(CC(C4)C2)C3)C1=O. The van der Waals surface area contributed by atoms with Crippen LogP contribution in [0.1, 0.15) is 71.6 Å². The number of amides is 4. The zero-order valence-corrected chi connectivity index (χ0v) is 16.7. The molecule has 4 amide bonds. The van der Waals surface area contributed by atoms with Gasteiger partial charge in [-0.15, -0.1) is 0 Å². The molecule has 0 aromatic heterocycles. The van der Waals surface area contributed by atoms with Crippen molar-refractivity contribution in [3.63, 3.8) is 0 Å². The molecule has 0 aromatic rings. The molecule has 1 saturated heterocycles. The van der Waals surface area contributed by atoms with Crippen LogP contribution in [0.4, 0.5) is 4.79 Å².